The molecule has 0 aromatic carbocycles. The van der Waals surface area contributed by atoms with E-state index in [2.05, 4.69) is 16.9 Å². The van der Waals surface area contributed by atoms with Gasteiger partial charge in [-0.2, -0.15) is 0 Å². The summed E-state index contributed by atoms with van der Waals surface area (Å²) >= 11 is 0. The van der Waals surface area contributed by atoms with Gasteiger partial charge in [0, 0.05) is 26.8 Å². The summed E-state index contributed by atoms with van der Waals surface area (Å²) in [5.74, 6) is 0. The summed E-state index contributed by atoms with van der Waals surface area (Å²) in [7, 11) is 3.08. The van der Waals surface area contributed by atoms with Crippen LogP contribution in [0.4, 0.5) is 5.69 Å². The lowest BCUT2D eigenvalue weighted by Crippen LogP contribution is -2.37. The van der Waals surface area contributed by atoms with Crippen molar-refractivity contribution in [2.45, 2.75) is 13.3 Å². The van der Waals surface area contributed by atoms with Gasteiger partial charge in [0.15, 0.2) is 5.65 Å². The molecule has 0 amide bonds. The smallest absolute Gasteiger partial charge is 0.332 e. The molecular formula is C14H18N4O2. The molecule has 0 aliphatic rings. The van der Waals surface area contributed by atoms with E-state index in [1.807, 2.05) is 6.92 Å². The lowest BCUT2D eigenvalue weighted by atomic mass is 10.1. The van der Waals surface area contributed by atoms with E-state index < -0.39 is 0 Å². The molecule has 0 spiro atoms. The Balaban J connectivity index is 2.96. The van der Waals surface area contributed by atoms with Crippen LogP contribution in [0.2, 0.25) is 0 Å². The molecule has 1 N–H and O–H groups in total. The number of hydrogen-bond acceptors (Lipinski definition) is 4. The number of fused-ring (bicyclic) bond motifs is 1. The van der Waals surface area contributed by atoms with Crippen LogP contribution in [0.5, 0.6) is 0 Å². The molecular weight excluding hydrogens is 256 g/mol. The molecule has 0 atom stereocenters. The van der Waals surface area contributed by atoms with Gasteiger partial charge in [-0.25, -0.2) is 9.78 Å². The Kier molecular flexibility index (Phi) is 3.74. The predicted octanol–water partition coefficient (Wildman–Crippen LogP) is 0.792. The average Bonchev–Trinajstić information content (AvgIpc) is 2.47. The van der Waals surface area contributed by atoms with E-state index >= 15 is 0 Å². The van der Waals surface area contributed by atoms with E-state index in [9.17, 15) is 9.59 Å². The molecule has 6 nitrogen and oxygen atoms in total. The summed E-state index contributed by atoms with van der Waals surface area (Å²) in [5.41, 5.74) is 1.34. The third-order valence-corrected chi connectivity index (χ3v) is 3.35. The minimum atomic E-state index is -0.381. The van der Waals surface area contributed by atoms with Crippen LogP contribution < -0.4 is 16.6 Å². The molecule has 0 fully saturated rings. The van der Waals surface area contributed by atoms with Crippen molar-refractivity contribution in [1.29, 1.82) is 0 Å². The third kappa shape index (κ3) is 2.03. The fourth-order valence-corrected chi connectivity index (χ4v) is 2.21. The second-order valence-corrected chi connectivity index (χ2v) is 4.59. The summed E-state index contributed by atoms with van der Waals surface area (Å²) in [6.45, 7) is 6.20. The molecule has 0 unspecified atom stereocenters. The third-order valence-electron chi connectivity index (χ3n) is 3.35. The second-order valence-electron chi connectivity index (χ2n) is 4.59. The van der Waals surface area contributed by atoms with Gasteiger partial charge < -0.3 is 5.32 Å². The molecule has 2 rings (SSSR count). The molecule has 6 heteroatoms. The highest BCUT2D eigenvalue weighted by atomic mass is 16.2. The van der Waals surface area contributed by atoms with Crippen LogP contribution in [0.3, 0.4) is 0 Å². The van der Waals surface area contributed by atoms with Crippen LogP contribution in [0, 0.1) is 0 Å². The van der Waals surface area contributed by atoms with Gasteiger partial charge in [0.05, 0.1) is 5.69 Å². The van der Waals surface area contributed by atoms with Crippen molar-refractivity contribution >= 4 is 16.7 Å². The Morgan fingerprint density at radius 2 is 2.05 bits per heavy atom. The lowest BCUT2D eigenvalue weighted by Gasteiger charge is -2.14. The van der Waals surface area contributed by atoms with E-state index in [1.165, 1.54) is 11.6 Å². The number of aryl methyl sites for hydroxylation is 2. The van der Waals surface area contributed by atoms with Crippen molar-refractivity contribution in [3.63, 3.8) is 0 Å². The number of anilines is 1. The fraction of sp³-hybridized carbons (Fsp3) is 0.357. The van der Waals surface area contributed by atoms with E-state index in [4.69, 9.17) is 0 Å². The SMILES string of the molecule is C=CCNc1c(CC)cnc2c1c(=O)n(C)c(=O)n2C. The largest absolute Gasteiger partial charge is 0.381 e. The highest BCUT2D eigenvalue weighted by Crippen LogP contribution is 2.22. The van der Waals surface area contributed by atoms with Crippen LogP contribution in [-0.2, 0) is 20.5 Å². The van der Waals surface area contributed by atoms with E-state index in [0.717, 1.165) is 22.2 Å². The zero-order valence-electron chi connectivity index (χ0n) is 11.9. The highest BCUT2D eigenvalue weighted by Gasteiger charge is 2.15. The first-order valence-electron chi connectivity index (χ1n) is 6.45. The molecule has 2 heterocycles. The van der Waals surface area contributed by atoms with E-state index in [0.29, 0.717) is 17.6 Å². The van der Waals surface area contributed by atoms with Crippen molar-refractivity contribution in [1.82, 2.24) is 14.1 Å². The van der Waals surface area contributed by atoms with Gasteiger partial charge in [-0.05, 0) is 12.0 Å². The van der Waals surface area contributed by atoms with Gasteiger partial charge in [0.2, 0.25) is 0 Å². The quantitative estimate of drug-likeness (QED) is 0.837. The Morgan fingerprint density at radius 3 is 2.65 bits per heavy atom. The normalized spacial score (nSPS) is 10.8. The first-order chi connectivity index (χ1) is 9.52. The van der Waals surface area contributed by atoms with Gasteiger partial charge in [-0.15, -0.1) is 6.58 Å². The number of hydrogen-bond donors (Lipinski definition) is 1. The maximum atomic E-state index is 12.4. The van der Waals surface area contributed by atoms with Crippen molar-refractivity contribution in [2.24, 2.45) is 14.1 Å². The summed E-state index contributed by atoms with van der Waals surface area (Å²) in [5, 5.41) is 3.63. The van der Waals surface area contributed by atoms with Crippen LogP contribution in [-0.4, -0.2) is 20.7 Å². The van der Waals surface area contributed by atoms with Crippen molar-refractivity contribution in [3.05, 3.63) is 45.3 Å². The van der Waals surface area contributed by atoms with E-state index in [1.54, 1.807) is 19.3 Å². The average molecular weight is 274 g/mol. The lowest BCUT2D eigenvalue weighted by molar-refractivity contribution is 0.707. The second kappa shape index (κ2) is 5.32. The number of nitrogens with one attached hydrogen (secondary N) is 1. The Labute approximate surface area is 116 Å². The van der Waals surface area contributed by atoms with Crippen molar-refractivity contribution < 1.29 is 0 Å². The Bertz CT molecular complexity index is 786. The molecule has 20 heavy (non-hydrogen) atoms. The number of aromatic nitrogens is 3. The molecule has 0 aliphatic carbocycles. The monoisotopic (exact) mass is 274 g/mol. The van der Waals surface area contributed by atoms with Crippen LogP contribution in [0.25, 0.3) is 11.0 Å². The topological polar surface area (TPSA) is 68.9 Å². The van der Waals surface area contributed by atoms with Gasteiger partial charge in [0.1, 0.15) is 5.39 Å². The van der Waals surface area contributed by atoms with Crippen LogP contribution in [0.1, 0.15) is 12.5 Å². The Hall–Kier alpha value is -2.37. The summed E-state index contributed by atoms with van der Waals surface area (Å²) in [4.78, 5) is 28.6. The standard InChI is InChI=1S/C14H18N4O2/c1-5-7-15-11-9(6-2)8-16-12-10(11)13(19)18(4)14(20)17(12)3/h5,8H,1,6-7H2,2-4H3,(H,15,16). The highest BCUT2D eigenvalue weighted by molar-refractivity contribution is 5.90. The van der Waals surface area contributed by atoms with Gasteiger partial charge in [-0.1, -0.05) is 13.0 Å². The maximum Gasteiger partial charge on any atom is 0.332 e. The van der Waals surface area contributed by atoms with Crippen LogP contribution in [0.15, 0.2) is 28.4 Å². The van der Waals surface area contributed by atoms with E-state index in [-0.39, 0.29) is 11.2 Å². The molecule has 0 radical (unpaired) electrons. The predicted molar refractivity (Wildman–Crippen MR) is 80.3 cm³/mol. The molecule has 0 saturated heterocycles. The number of rotatable bonds is 4. The first-order valence-corrected chi connectivity index (χ1v) is 6.45. The van der Waals surface area contributed by atoms with Crippen molar-refractivity contribution in [2.75, 3.05) is 11.9 Å². The minimum absolute atomic E-state index is 0.336. The van der Waals surface area contributed by atoms with Gasteiger partial charge in [0.25, 0.3) is 5.56 Å². The fourth-order valence-electron chi connectivity index (χ4n) is 2.21. The molecule has 0 saturated carbocycles. The molecule has 0 aliphatic heterocycles. The zero-order valence-corrected chi connectivity index (χ0v) is 11.9. The summed E-state index contributed by atoms with van der Waals surface area (Å²) in [6.07, 6.45) is 4.17. The minimum Gasteiger partial charge on any atom is -0.381 e. The van der Waals surface area contributed by atoms with Gasteiger partial charge >= 0.3 is 5.69 Å². The molecule has 2 aromatic rings. The zero-order chi connectivity index (χ0) is 14.9. The number of pyridine rings is 1. The maximum absolute atomic E-state index is 12.4. The molecule has 0 bridgehead atoms. The number of nitrogens with zero attached hydrogens (tertiary/aromatic N) is 3. The molecule has 106 valence electrons. The van der Waals surface area contributed by atoms with Crippen molar-refractivity contribution in [3.8, 4) is 0 Å². The Morgan fingerprint density at radius 1 is 1.35 bits per heavy atom. The summed E-state index contributed by atoms with van der Waals surface area (Å²) < 4.78 is 2.48. The first kappa shape index (κ1) is 14.0. The summed E-state index contributed by atoms with van der Waals surface area (Å²) in [6, 6.07) is 0. The molecule has 2 aromatic heterocycles. The van der Waals surface area contributed by atoms with Crippen LogP contribution >= 0.6 is 0 Å². The van der Waals surface area contributed by atoms with Gasteiger partial charge in [-0.3, -0.25) is 13.9 Å².